The Kier molecular flexibility index (Phi) is 6.85. The fraction of sp³-hybridized carbons (Fsp3) is 0.273. The molecule has 11 heteroatoms. The molecule has 1 fully saturated rings. The second-order valence-corrected chi connectivity index (χ2v) is 7.61. The van der Waals surface area contributed by atoms with Gasteiger partial charge in [0.25, 0.3) is 0 Å². The fourth-order valence-corrected chi connectivity index (χ4v) is 3.54. The van der Waals surface area contributed by atoms with Gasteiger partial charge in [-0.25, -0.2) is 9.37 Å². The predicted octanol–water partition coefficient (Wildman–Crippen LogP) is 4.19. The van der Waals surface area contributed by atoms with Crippen molar-refractivity contribution in [2.75, 3.05) is 61.8 Å². The van der Waals surface area contributed by atoms with Gasteiger partial charge in [0.15, 0.2) is 5.82 Å². The number of aromatic nitrogens is 2. The topological polar surface area (TPSA) is 107 Å². The molecule has 1 aliphatic heterocycles. The van der Waals surface area contributed by atoms with Crippen LogP contribution in [0.1, 0.15) is 0 Å². The van der Waals surface area contributed by atoms with Gasteiger partial charge in [0.2, 0.25) is 5.95 Å². The summed E-state index contributed by atoms with van der Waals surface area (Å²) in [5, 5.41) is 6.48. The molecule has 0 saturated carbocycles. The first-order valence-corrected chi connectivity index (χ1v) is 10.6. The van der Waals surface area contributed by atoms with Gasteiger partial charge < -0.3 is 35.5 Å². The highest BCUT2D eigenvalue weighted by atomic mass is 35.5. The van der Waals surface area contributed by atoms with E-state index in [4.69, 9.17) is 31.5 Å². The Morgan fingerprint density at radius 3 is 2.52 bits per heavy atom. The summed E-state index contributed by atoms with van der Waals surface area (Å²) in [4.78, 5) is 10.9. The van der Waals surface area contributed by atoms with Crippen molar-refractivity contribution in [2.45, 2.75) is 0 Å². The Bertz CT molecular complexity index is 1140. The van der Waals surface area contributed by atoms with E-state index in [0.717, 1.165) is 18.8 Å². The standard InChI is InChI=1S/C22H24ClFN6O3/c1-31-19-9-13(30-5-7-33-8-6-30)3-4-17(19)27-21-14(23)12-26-22(29-21)28-18-11-16(25)15(24)10-20(18)32-2/h3-4,9-12H,5-8,25H2,1-2H3,(H2,26,27,28,29). The minimum atomic E-state index is -0.579. The van der Waals surface area contributed by atoms with Crippen LogP contribution in [0.15, 0.2) is 36.5 Å². The zero-order valence-electron chi connectivity index (χ0n) is 18.2. The maximum Gasteiger partial charge on any atom is 0.229 e. The molecule has 0 unspecified atom stereocenters. The van der Waals surface area contributed by atoms with E-state index in [1.165, 1.54) is 25.4 Å². The van der Waals surface area contributed by atoms with Gasteiger partial charge >= 0.3 is 0 Å². The van der Waals surface area contributed by atoms with Gasteiger partial charge in [0.05, 0.1) is 50.7 Å². The molecular weight excluding hydrogens is 451 g/mol. The Labute approximate surface area is 195 Å². The number of rotatable bonds is 7. The molecule has 2 heterocycles. The van der Waals surface area contributed by atoms with E-state index in [0.29, 0.717) is 41.2 Å². The largest absolute Gasteiger partial charge is 0.494 e. The number of hydrogen-bond donors (Lipinski definition) is 3. The van der Waals surface area contributed by atoms with Gasteiger partial charge in [-0.05, 0) is 18.2 Å². The Morgan fingerprint density at radius 2 is 1.79 bits per heavy atom. The molecular formula is C22H24ClFN6O3. The van der Waals surface area contributed by atoms with Gasteiger partial charge in [-0.15, -0.1) is 0 Å². The van der Waals surface area contributed by atoms with Crippen molar-refractivity contribution in [1.82, 2.24) is 9.97 Å². The summed E-state index contributed by atoms with van der Waals surface area (Å²) in [6.07, 6.45) is 1.45. The lowest BCUT2D eigenvalue weighted by atomic mass is 10.2. The molecule has 0 spiro atoms. The Hall–Kier alpha value is -3.50. The van der Waals surface area contributed by atoms with Crippen molar-refractivity contribution in [3.63, 3.8) is 0 Å². The minimum Gasteiger partial charge on any atom is -0.494 e. The van der Waals surface area contributed by atoms with E-state index in [1.54, 1.807) is 7.11 Å². The zero-order valence-corrected chi connectivity index (χ0v) is 18.9. The number of methoxy groups -OCH3 is 2. The molecule has 1 aliphatic rings. The van der Waals surface area contributed by atoms with E-state index in [1.807, 2.05) is 18.2 Å². The molecule has 9 nitrogen and oxygen atoms in total. The maximum atomic E-state index is 13.8. The third kappa shape index (κ3) is 5.12. The van der Waals surface area contributed by atoms with Crippen LogP contribution in [0.2, 0.25) is 5.02 Å². The van der Waals surface area contributed by atoms with Crippen LogP contribution < -0.4 is 30.7 Å². The summed E-state index contributed by atoms with van der Waals surface area (Å²) >= 11 is 6.33. The molecule has 4 N–H and O–H groups in total. The van der Waals surface area contributed by atoms with Crippen molar-refractivity contribution in [1.29, 1.82) is 0 Å². The van der Waals surface area contributed by atoms with E-state index in [2.05, 4.69) is 25.5 Å². The third-order valence-corrected chi connectivity index (χ3v) is 5.40. The number of halogens is 2. The Morgan fingerprint density at radius 1 is 1.06 bits per heavy atom. The van der Waals surface area contributed by atoms with Crippen molar-refractivity contribution < 1.29 is 18.6 Å². The number of nitrogens with zero attached hydrogens (tertiary/aromatic N) is 3. The van der Waals surface area contributed by atoms with Crippen LogP contribution in [0.25, 0.3) is 0 Å². The van der Waals surface area contributed by atoms with Gasteiger partial charge in [-0.1, -0.05) is 11.6 Å². The number of nitrogens with two attached hydrogens (primary N) is 1. The van der Waals surface area contributed by atoms with Crippen LogP contribution in [0.4, 0.5) is 38.9 Å². The zero-order chi connectivity index (χ0) is 23.4. The summed E-state index contributed by atoms with van der Waals surface area (Å²) in [5.74, 6) is 0.895. The molecule has 0 radical (unpaired) electrons. The summed E-state index contributed by atoms with van der Waals surface area (Å²) in [6, 6.07) is 8.45. The molecule has 0 aliphatic carbocycles. The van der Waals surface area contributed by atoms with Crippen LogP contribution in [0, 0.1) is 5.82 Å². The van der Waals surface area contributed by atoms with Gasteiger partial charge in [-0.3, -0.25) is 0 Å². The molecule has 1 saturated heterocycles. The number of ether oxygens (including phenoxy) is 3. The first-order valence-electron chi connectivity index (χ1n) is 10.2. The first-order chi connectivity index (χ1) is 16.0. The number of benzene rings is 2. The number of hydrogen-bond acceptors (Lipinski definition) is 9. The van der Waals surface area contributed by atoms with Crippen LogP contribution in [0.3, 0.4) is 0 Å². The van der Waals surface area contributed by atoms with E-state index in [-0.39, 0.29) is 17.4 Å². The average molecular weight is 475 g/mol. The number of nitrogens with one attached hydrogen (secondary N) is 2. The van der Waals surface area contributed by atoms with Crippen molar-refractivity contribution >= 4 is 46.1 Å². The minimum absolute atomic E-state index is 0.0318. The maximum absolute atomic E-state index is 13.8. The van der Waals surface area contributed by atoms with E-state index >= 15 is 0 Å². The number of morpholine rings is 1. The van der Waals surface area contributed by atoms with Crippen molar-refractivity contribution in [3.8, 4) is 11.5 Å². The lowest BCUT2D eigenvalue weighted by molar-refractivity contribution is 0.122. The summed E-state index contributed by atoms with van der Waals surface area (Å²) in [6.45, 7) is 3.03. The van der Waals surface area contributed by atoms with Crippen LogP contribution >= 0.6 is 11.6 Å². The average Bonchev–Trinajstić information content (AvgIpc) is 2.84. The number of anilines is 6. The molecule has 174 valence electrons. The third-order valence-electron chi connectivity index (χ3n) is 5.12. The molecule has 0 atom stereocenters. The Balaban J connectivity index is 1.58. The second-order valence-electron chi connectivity index (χ2n) is 7.20. The highest BCUT2D eigenvalue weighted by molar-refractivity contribution is 6.33. The van der Waals surface area contributed by atoms with E-state index in [9.17, 15) is 4.39 Å². The molecule has 33 heavy (non-hydrogen) atoms. The second kappa shape index (κ2) is 9.97. The number of nitrogen functional groups attached to an aromatic ring is 1. The fourth-order valence-electron chi connectivity index (χ4n) is 3.40. The quantitative estimate of drug-likeness (QED) is 0.434. The van der Waals surface area contributed by atoms with Crippen molar-refractivity contribution in [2.24, 2.45) is 0 Å². The molecule has 2 aromatic carbocycles. The molecule has 4 rings (SSSR count). The highest BCUT2D eigenvalue weighted by Gasteiger charge is 2.16. The lowest BCUT2D eigenvalue weighted by Crippen LogP contribution is -2.36. The monoisotopic (exact) mass is 474 g/mol. The highest BCUT2D eigenvalue weighted by Crippen LogP contribution is 2.35. The molecule has 0 amide bonds. The summed E-state index contributed by atoms with van der Waals surface area (Å²) in [5.41, 5.74) is 7.79. The summed E-state index contributed by atoms with van der Waals surface area (Å²) in [7, 11) is 3.03. The SMILES string of the molecule is COc1cc(F)c(N)cc1Nc1ncc(Cl)c(Nc2ccc(N3CCOCC3)cc2OC)n1. The summed E-state index contributed by atoms with van der Waals surface area (Å²) < 4.78 is 30.0. The van der Waals surface area contributed by atoms with Gasteiger partial charge in [0, 0.05) is 30.9 Å². The molecule has 3 aromatic rings. The molecule has 1 aromatic heterocycles. The predicted molar refractivity (Wildman–Crippen MR) is 127 cm³/mol. The van der Waals surface area contributed by atoms with Crippen LogP contribution in [-0.4, -0.2) is 50.5 Å². The smallest absolute Gasteiger partial charge is 0.229 e. The van der Waals surface area contributed by atoms with Gasteiger partial charge in [0.1, 0.15) is 22.3 Å². The van der Waals surface area contributed by atoms with Crippen LogP contribution in [0.5, 0.6) is 11.5 Å². The first kappa shape index (κ1) is 22.7. The molecule has 0 bridgehead atoms. The van der Waals surface area contributed by atoms with E-state index < -0.39 is 5.82 Å². The van der Waals surface area contributed by atoms with Crippen molar-refractivity contribution in [3.05, 3.63) is 47.4 Å². The van der Waals surface area contributed by atoms with Crippen LogP contribution in [-0.2, 0) is 4.74 Å². The lowest BCUT2D eigenvalue weighted by Gasteiger charge is -2.29. The van der Waals surface area contributed by atoms with Gasteiger partial charge in [-0.2, -0.15) is 4.98 Å². The normalized spacial score (nSPS) is 13.5.